The first kappa shape index (κ1) is 24.6. The Kier molecular flexibility index (Phi) is 7.05. The molecule has 1 aliphatic rings. The number of hydrogen-bond acceptors (Lipinski definition) is 8. The molecular formula is C25H27ClN6O3. The zero-order chi connectivity index (χ0) is 25.3. The van der Waals surface area contributed by atoms with Crippen molar-refractivity contribution >= 4 is 40.1 Å². The predicted octanol–water partition coefficient (Wildman–Crippen LogP) is 4.33. The van der Waals surface area contributed by atoms with Gasteiger partial charge in [-0.25, -0.2) is 19.7 Å². The molecule has 3 N–H and O–H groups in total. The van der Waals surface area contributed by atoms with Crippen molar-refractivity contribution < 1.29 is 15.0 Å². The Morgan fingerprint density at radius 2 is 2.06 bits per heavy atom. The molecule has 10 heteroatoms. The summed E-state index contributed by atoms with van der Waals surface area (Å²) in [6.07, 6.45) is 1.36. The van der Waals surface area contributed by atoms with Crippen LogP contribution in [0.5, 0.6) is 0 Å². The number of aliphatic hydroxyl groups excluding tert-OH is 1. The van der Waals surface area contributed by atoms with Crippen molar-refractivity contribution in [2.24, 2.45) is 5.92 Å². The molecule has 3 aromatic rings. The van der Waals surface area contributed by atoms with Gasteiger partial charge in [-0.2, -0.15) is 5.26 Å². The summed E-state index contributed by atoms with van der Waals surface area (Å²) >= 11 is 5.90. The fraction of sp³-hybridized carbons (Fsp3) is 0.400. The molecule has 4 rings (SSSR count). The van der Waals surface area contributed by atoms with Gasteiger partial charge in [0, 0.05) is 24.6 Å². The Bertz CT molecular complexity index is 1320. The van der Waals surface area contributed by atoms with Crippen molar-refractivity contribution in [1.82, 2.24) is 15.0 Å². The monoisotopic (exact) mass is 494 g/mol. The van der Waals surface area contributed by atoms with Crippen LogP contribution >= 0.6 is 11.6 Å². The molecule has 0 radical (unpaired) electrons. The standard InChI is InChI=1S/C25H27ClN6O3/c1-13-9-17(14(2)28-18-6-7-21(26)30-23(18)25(34)35)22-19(10-13)29-20(11-27)24(31-22)32-8-4-5-16(12-32)15(3)33/h6-7,9-10,14-16,28,33H,4-5,8,12H2,1-3H3,(H,34,35)/t14-,15-,16-/m1/s1. The molecule has 0 amide bonds. The SMILES string of the molecule is Cc1cc([C@@H](C)Nc2ccc(Cl)nc2C(=O)O)c2nc(N3CCC[C@@H]([C@@H](C)O)C3)c(C#N)nc2c1. The first-order valence-corrected chi connectivity index (χ1v) is 11.9. The lowest BCUT2D eigenvalue weighted by molar-refractivity contribution is 0.0691. The molecule has 9 nitrogen and oxygen atoms in total. The second-order valence-corrected chi connectivity index (χ2v) is 9.41. The Morgan fingerprint density at radius 3 is 2.74 bits per heavy atom. The number of halogens is 1. The fourth-order valence-corrected chi connectivity index (χ4v) is 4.72. The molecule has 35 heavy (non-hydrogen) atoms. The van der Waals surface area contributed by atoms with Gasteiger partial charge in [-0.1, -0.05) is 17.7 Å². The quantitative estimate of drug-likeness (QED) is 0.428. The van der Waals surface area contributed by atoms with Crippen LogP contribution in [0.25, 0.3) is 11.0 Å². The number of pyridine rings is 1. The number of hydrogen-bond donors (Lipinski definition) is 3. The molecule has 0 unspecified atom stereocenters. The number of benzene rings is 1. The molecule has 1 aliphatic heterocycles. The highest BCUT2D eigenvalue weighted by Crippen LogP contribution is 2.32. The number of fused-ring (bicyclic) bond motifs is 1. The largest absolute Gasteiger partial charge is 0.476 e. The summed E-state index contributed by atoms with van der Waals surface area (Å²) in [5.74, 6) is -0.588. The molecule has 0 aliphatic carbocycles. The maximum atomic E-state index is 11.7. The van der Waals surface area contributed by atoms with Crippen molar-refractivity contribution in [2.45, 2.75) is 45.8 Å². The summed E-state index contributed by atoms with van der Waals surface area (Å²) in [5.41, 5.74) is 3.38. The van der Waals surface area contributed by atoms with E-state index >= 15 is 0 Å². The van der Waals surface area contributed by atoms with Crippen molar-refractivity contribution in [3.05, 3.63) is 51.9 Å². The molecule has 0 saturated carbocycles. The lowest BCUT2D eigenvalue weighted by Crippen LogP contribution is -2.40. The van der Waals surface area contributed by atoms with Gasteiger partial charge in [0.2, 0.25) is 0 Å². The molecule has 182 valence electrons. The van der Waals surface area contributed by atoms with Crippen LogP contribution in [0.2, 0.25) is 5.15 Å². The van der Waals surface area contributed by atoms with Gasteiger partial charge in [-0.3, -0.25) is 0 Å². The van der Waals surface area contributed by atoms with Crippen molar-refractivity contribution in [3.63, 3.8) is 0 Å². The van der Waals surface area contributed by atoms with Crippen molar-refractivity contribution in [2.75, 3.05) is 23.3 Å². The van der Waals surface area contributed by atoms with Crippen LogP contribution in [-0.2, 0) is 0 Å². The highest BCUT2D eigenvalue weighted by atomic mass is 35.5. The maximum Gasteiger partial charge on any atom is 0.356 e. The lowest BCUT2D eigenvalue weighted by Gasteiger charge is -2.35. The number of carboxylic acid groups (broad SMARTS) is 1. The number of carbonyl (C=O) groups is 1. The van der Waals surface area contributed by atoms with Crippen molar-refractivity contribution in [3.8, 4) is 6.07 Å². The first-order chi connectivity index (χ1) is 16.7. The number of aliphatic hydroxyl groups is 1. The third-order valence-corrected chi connectivity index (χ3v) is 6.58. The van der Waals surface area contributed by atoms with E-state index in [4.69, 9.17) is 16.6 Å². The number of nitrogens with one attached hydrogen (secondary N) is 1. The zero-order valence-electron chi connectivity index (χ0n) is 19.8. The number of nitrogens with zero attached hydrogens (tertiary/aromatic N) is 5. The van der Waals surface area contributed by atoms with Gasteiger partial charge < -0.3 is 20.4 Å². The number of carboxylic acids is 1. The maximum absolute atomic E-state index is 11.7. The smallest absolute Gasteiger partial charge is 0.356 e. The number of aromatic nitrogens is 3. The molecule has 1 saturated heterocycles. The molecule has 3 heterocycles. The predicted molar refractivity (Wildman–Crippen MR) is 134 cm³/mol. The van der Waals surface area contributed by atoms with E-state index in [1.807, 2.05) is 30.9 Å². The van der Waals surface area contributed by atoms with Crippen LogP contribution in [-0.4, -0.2) is 50.3 Å². The second-order valence-electron chi connectivity index (χ2n) is 9.02. The fourth-order valence-electron chi connectivity index (χ4n) is 4.57. The number of aryl methyl sites for hydroxylation is 1. The Balaban J connectivity index is 1.78. The summed E-state index contributed by atoms with van der Waals surface area (Å²) in [6, 6.07) is 8.81. The van der Waals surface area contributed by atoms with E-state index in [9.17, 15) is 20.3 Å². The minimum atomic E-state index is -1.19. The molecule has 0 spiro atoms. The number of aromatic carboxylic acids is 1. The van der Waals surface area contributed by atoms with E-state index in [0.29, 0.717) is 29.1 Å². The van der Waals surface area contributed by atoms with E-state index in [1.54, 1.807) is 13.0 Å². The number of anilines is 2. The number of rotatable bonds is 6. The summed E-state index contributed by atoms with van der Waals surface area (Å²) in [7, 11) is 0. The first-order valence-electron chi connectivity index (χ1n) is 11.5. The number of nitriles is 1. The lowest BCUT2D eigenvalue weighted by atomic mass is 9.93. The van der Waals surface area contributed by atoms with Crippen LogP contribution in [0.1, 0.15) is 60.0 Å². The average Bonchev–Trinajstić information content (AvgIpc) is 2.83. The minimum absolute atomic E-state index is 0.0951. The van der Waals surface area contributed by atoms with E-state index in [1.165, 1.54) is 6.07 Å². The molecule has 0 bridgehead atoms. The normalized spacial score (nSPS) is 17.6. The van der Waals surface area contributed by atoms with Crippen LogP contribution in [0.4, 0.5) is 11.5 Å². The molecule has 3 atom stereocenters. The van der Waals surface area contributed by atoms with Crippen molar-refractivity contribution in [1.29, 1.82) is 5.26 Å². The summed E-state index contributed by atoms with van der Waals surface area (Å²) in [6.45, 7) is 6.95. The molecule has 1 fully saturated rings. The van der Waals surface area contributed by atoms with Gasteiger partial charge in [0.25, 0.3) is 0 Å². The summed E-state index contributed by atoms with van der Waals surface area (Å²) in [5, 5.41) is 32.8. The second kappa shape index (κ2) is 10.0. The van der Waals surface area contributed by atoms with Crippen LogP contribution in [0, 0.1) is 24.2 Å². The van der Waals surface area contributed by atoms with Gasteiger partial charge in [0.15, 0.2) is 17.2 Å². The van der Waals surface area contributed by atoms with E-state index in [2.05, 4.69) is 21.4 Å². The molecule has 2 aromatic heterocycles. The average molecular weight is 495 g/mol. The summed E-state index contributed by atoms with van der Waals surface area (Å²) in [4.78, 5) is 27.2. The number of piperidine rings is 1. The topological polar surface area (TPSA) is 135 Å². The Morgan fingerprint density at radius 1 is 1.29 bits per heavy atom. The van der Waals surface area contributed by atoms with Gasteiger partial charge in [-0.05, 0) is 57.4 Å². The van der Waals surface area contributed by atoms with Crippen LogP contribution < -0.4 is 10.2 Å². The van der Waals surface area contributed by atoms with Gasteiger partial charge in [0.05, 0.1) is 28.9 Å². The van der Waals surface area contributed by atoms with Gasteiger partial charge in [0.1, 0.15) is 11.2 Å². The Labute approximate surface area is 208 Å². The highest BCUT2D eigenvalue weighted by molar-refractivity contribution is 6.29. The summed E-state index contributed by atoms with van der Waals surface area (Å²) < 4.78 is 0. The third kappa shape index (κ3) is 5.14. The van der Waals surface area contributed by atoms with E-state index in [0.717, 1.165) is 30.5 Å². The highest BCUT2D eigenvalue weighted by Gasteiger charge is 2.27. The van der Waals surface area contributed by atoms with E-state index < -0.39 is 12.1 Å². The molecule has 1 aromatic carbocycles. The van der Waals surface area contributed by atoms with Gasteiger partial charge >= 0.3 is 5.97 Å². The van der Waals surface area contributed by atoms with Crippen LogP contribution in [0.15, 0.2) is 24.3 Å². The van der Waals surface area contributed by atoms with Crippen LogP contribution in [0.3, 0.4) is 0 Å². The van der Waals surface area contributed by atoms with E-state index in [-0.39, 0.29) is 28.5 Å². The third-order valence-electron chi connectivity index (χ3n) is 6.37. The molecular weight excluding hydrogens is 468 g/mol. The minimum Gasteiger partial charge on any atom is -0.476 e. The van der Waals surface area contributed by atoms with Gasteiger partial charge in [-0.15, -0.1) is 0 Å². The zero-order valence-corrected chi connectivity index (χ0v) is 20.5. The Hall–Kier alpha value is -3.48.